The van der Waals surface area contributed by atoms with Gasteiger partial charge < -0.3 is 4.74 Å². The van der Waals surface area contributed by atoms with Gasteiger partial charge >= 0.3 is 12.3 Å². The van der Waals surface area contributed by atoms with Crippen molar-refractivity contribution in [2.45, 2.75) is 32.5 Å². The van der Waals surface area contributed by atoms with Crippen LogP contribution in [0.15, 0.2) is 12.4 Å². The van der Waals surface area contributed by atoms with Gasteiger partial charge in [0.25, 0.3) is 0 Å². The number of ether oxygens (including phenoxy) is 1. The van der Waals surface area contributed by atoms with Crippen LogP contribution in [0.2, 0.25) is 0 Å². The molecule has 0 unspecified atom stereocenters. The summed E-state index contributed by atoms with van der Waals surface area (Å²) in [7, 11) is 0. The molecule has 1 N–H and O–H groups in total. The summed E-state index contributed by atoms with van der Waals surface area (Å²) in [6.07, 6.45) is -4.02. The second-order valence-electron chi connectivity index (χ2n) is 4.41. The van der Waals surface area contributed by atoms with Crippen molar-refractivity contribution < 1.29 is 22.7 Å². The van der Waals surface area contributed by atoms with E-state index in [2.05, 4.69) is 15.3 Å². The Morgan fingerprint density at radius 2 is 1.83 bits per heavy atom. The Bertz CT molecular complexity index is 423. The highest BCUT2D eigenvalue weighted by Crippen LogP contribution is 2.26. The molecule has 0 bridgehead atoms. The zero-order valence-electron chi connectivity index (χ0n) is 10.00. The number of hydrogen-bond acceptors (Lipinski definition) is 4. The molecule has 0 aliphatic heterocycles. The first-order chi connectivity index (χ1) is 8.08. The molecule has 18 heavy (non-hydrogen) atoms. The van der Waals surface area contributed by atoms with E-state index in [4.69, 9.17) is 4.74 Å². The molecule has 1 amide bonds. The summed E-state index contributed by atoms with van der Waals surface area (Å²) in [6.45, 7) is 4.97. The number of nitrogens with one attached hydrogen (secondary N) is 1. The van der Waals surface area contributed by atoms with Crippen molar-refractivity contribution in [2.24, 2.45) is 0 Å². The standard InChI is InChI=1S/C10H12F3N3O2/c1-9(2,3)18-8(17)16-7-5-14-6(4-15-7)10(11,12)13/h4-5H,1-3H3,(H,15,16,17). The Morgan fingerprint density at radius 3 is 2.22 bits per heavy atom. The van der Waals surface area contributed by atoms with E-state index in [1.807, 2.05) is 0 Å². The minimum atomic E-state index is -4.56. The van der Waals surface area contributed by atoms with E-state index < -0.39 is 23.6 Å². The van der Waals surface area contributed by atoms with Gasteiger partial charge in [0.2, 0.25) is 0 Å². The van der Waals surface area contributed by atoms with Crippen LogP contribution in [0.4, 0.5) is 23.8 Å². The molecule has 0 aliphatic rings. The maximum atomic E-state index is 12.2. The third-order valence-corrected chi connectivity index (χ3v) is 1.57. The molecule has 0 saturated heterocycles. The number of aromatic nitrogens is 2. The van der Waals surface area contributed by atoms with Crippen LogP contribution in [0.3, 0.4) is 0 Å². The molecule has 100 valence electrons. The smallest absolute Gasteiger partial charge is 0.434 e. The molecular formula is C10H12F3N3O2. The summed E-state index contributed by atoms with van der Waals surface area (Å²) in [6, 6.07) is 0. The lowest BCUT2D eigenvalue weighted by atomic mass is 10.2. The van der Waals surface area contributed by atoms with E-state index in [-0.39, 0.29) is 5.82 Å². The van der Waals surface area contributed by atoms with Crippen LogP contribution < -0.4 is 5.32 Å². The average molecular weight is 263 g/mol. The Kier molecular flexibility index (Phi) is 3.78. The number of carbonyl (C=O) groups excluding carboxylic acids is 1. The van der Waals surface area contributed by atoms with E-state index in [9.17, 15) is 18.0 Å². The molecule has 0 radical (unpaired) electrons. The fourth-order valence-corrected chi connectivity index (χ4v) is 0.947. The molecule has 1 heterocycles. The molecule has 5 nitrogen and oxygen atoms in total. The highest BCUT2D eigenvalue weighted by atomic mass is 19.4. The molecule has 0 aliphatic carbocycles. The Balaban J connectivity index is 2.67. The van der Waals surface area contributed by atoms with Crippen molar-refractivity contribution in [1.82, 2.24) is 9.97 Å². The number of nitrogens with zero attached hydrogens (tertiary/aromatic N) is 2. The van der Waals surface area contributed by atoms with Gasteiger partial charge in [-0.3, -0.25) is 5.32 Å². The van der Waals surface area contributed by atoms with Crippen LogP contribution in [-0.2, 0) is 10.9 Å². The summed E-state index contributed by atoms with van der Waals surface area (Å²) in [5.74, 6) is -0.114. The Morgan fingerprint density at radius 1 is 1.22 bits per heavy atom. The molecule has 1 aromatic heterocycles. The predicted molar refractivity (Wildman–Crippen MR) is 56.9 cm³/mol. The van der Waals surface area contributed by atoms with Crippen LogP contribution in [0.25, 0.3) is 0 Å². The van der Waals surface area contributed by atoms with Gasteiger partial charge in [-0.2, -0.15) is 13.2 Å². The fourth-order valence-electron chi connectivity index (χ4n) is 0.947. The van der Waals surface area contributed by atoms with Gasteiger partial charge in [-0.15, -0.1) is 0 Å². The summed E-state index contributed by atoms with van der Waals surface area (Å²) in [5, 5.41) is 2.18. The molecule has 0 atom stereocenters. The molecule has 8 heteroatoms. The number of amides is 1. The first-order valence-electron chi connectivity index (χ1n) is 4.97. The Hall–Kier alpha value is -1.86. The lowest BCUT2D eigenvalue weighted by Crippen LogP contribution is -2.27. The van der Waals surface area contributed by atoms with Crippen molar-refractivity contribution in [3.63, 3.8) is 0 Å². The van der Waals surface area contributed by atoms with Crippen molar-refractivity contribution >= 4 is 11.9 Å². The normalized spacial score (nSPS) is 12.1. The molecule has 0 aromatic carbocycles. The van der Waals surface area contributed by atoms with E-state index in [0.29, 0.717) is 6.20 Å². The van der Waals surface area contributed by atoms with Gasteiger partial charge in [0.15, 0.2) is 11.5 Å². The van der Waals surface area contributed by atoms with E-state index in [1.165, 1.54) is 0 Å². The Labute approximate surface area is 101 Å². The highest BCUT2D eigenvalue weighted by Gasteiger charge is 2.32. The monoisotopic (exact) mass is 263 g/mol. The summed E-state index contributed by atoms with van der Waals surface area (Å²) >= 11 is 0. The first kappa shape index (κ1) is 14.2. The van der Waals surface area contributed by atoms with E-state index in [1.54, 1.807) is 20.8 Å². The zero-order chi connectivity index (χ0) is 14.0. The van der Waals surface area contributed by atoms with Crippen LogP contribution in [0, 0.1) is 0 Å². The van der Waals surface area contributed by atoms with Crippen LogP contribution in [0.1, 0.15) is 26.5 Å². The topological polar surface area (TPSA) is 64.1 Å². The van der Waals surface area contributed by atoms with Crippen molar-refractivity contribution in [1.29, 1.82) is 0 Å². The van der Waals surface area contributed by atoms with Gasteiger partial charge in [0.05, 0.1) is 12.4 Å². The molecule has 0 saturated carbocycles. The second kappa shape index (κ2) is 4.79. The maximum absolute atomic E-state index is 12.2. The number of alkyl halides is 3. The van der Waals surface area contributed by atoms with E-state index in [0.717, 1.165) is 6.20 Å². The maximum Gasteiger partial charge on any atom is 0.434 e. The summed E-state index contributed by atoms with van der Waals surface area (Å²) in [5.41, 5.74) is -1.83. The molecule has 1 aromatic rings. The van der Waals surface area contributed by atoms with Gasteiger partial charge in [0.1, 0.15) is 5.60 Å². The average Bonchev–Trinajstić information content (AvgIpc) is 2.13. The van der Waals surface area contributed by atoms with Crippen molar-refractivity contribution in [2.75, 3.05) is 5.32 Å². The SMILES string of the molecule is CC(C)(C)OC(=O)Nc1cnc(C(F)(F)F)cn1. The number of hydrogen-bond donors (Lipinski definition) is 1. The van der Waals surface area contributed by atoms with Crippen LogP contribution in [-0.4, -0.2) is 21.7 Å². The molecular weight excluding hydrogens is 251 g/mol. The quantitative estimate of drug-likeness (QED) is 0.846. The van der Waals surface area contributed by atoms with Crippen LogP contribution in [0.5, 0.6) is 0 Å². The molecule has 0 fully saturated rings. The minimum Gasteiger partial charge on any atom is -0.444 e. The van der Waals surface area contributed by atoms with E-state index >= 15 is 0 Å². The van der Waals surface area contributed by atoms with Gasteiger partial charge in [0, 0.05) is 0 Å². The predicted octanol–water partition coefficient (Wildman–Crippen LogP) is 2.84. The lowest BCUT2D eigenvalue weighted by molar-refractivity contribution is -0.141. The third kappa shape index (κ3) is 4.56. The summed E-state index contributed by atoms with van der Waals surface area (Å²) < 4.78 is 41.5. The van der Waals surface area contributed by atoms with Crippen molar-refractivity contribution in [3.05, 3.63) is 18.1 Å². The van der Waals surface area contributed by atoms with Crippen LogP contribution >= 0.6 is 0 Å². The second-order valence-corrected chi connectivity index (χ2v) is 4.41. The number of rotatable bonds is 1. The van der Waals surface area contributed by atoms with Crippen molar-refractivity contribution in [3.8, 4) is 0 Å². The fraction of sp³-hybridized carbons (Fsp3) is 0.500. The molecule has 1 rings (SSSR count). The zero-order valence-corrected chi connectivity index (χ0v) is 10.00. The van der Waals surface area contributed by atoms with Gasteiger partial charge in [-0.1, -0.05) is 0 Å². The summed E-state index contributed by atoms with van der Waals surface area (Å²) in [4.78, 5) is 17.8. The number of halogens is 3. The number of carbonyl (C=O) groups is 1. The highest BCUT2D eigenvalue weighted by molar-refractivity contribution is 5.83. The molecule has 0 spiro atoms. The largest absolute Gasteiger partial charge is 0.444 e. The number of anilines is 1. The van der Waals surface area contributed by atoms with Gasteiger partial charge in [-0.05, 0) is 20.8 Å². The first-order valence-corrected chi connectivity index (χ1v) is 4.97. The third-order valence-electron chi connectivity index (χ3n) is 1.57. The minimum absolute atomic E-state index is 0.114. The lowest BCUT2D eigenvalue weighted by Gasteiger charge is -2.19. The van der Waals surface area contributed by atoms with Gasteiger partial charge in [-0.25, -0.2) is 14.8 Å².